The topological polar surface area (TPSA) is 52.5 Å². The molecule has 0 aliphatic heterocycles. The number of aliphatic hydroxyl groups is 2. The SMILES string of the molecule is CC1(C)C(O)CC1NCC1CCCCC1O. The lowest BCUT2D eigenvalue weighted by Crippen LogP contribution is -2.60. The van der Waals surface area contributed by atoms with E-state index in [4.69, 9.17) is 0 Å². The summed E-state index contributed by atoms with van der Waals surface area (Å²) in [5.74, 6) is 0.419. The van der Waals surface area contributed by atoms with Gasteiger partial charge in [-0.05, 0) is 25.2 Å². The zero-order valence-electron chi connectivity index (χ0n) is 10.4. The predicted molar refractivity (Wildman–Crippen MR) is 64.2 cm³/mol. The van der Waals surface area contributed by atoms with E-state index in [9.17, 15) is 10.2 Å². The van der Waals surface area contributed by atoms with Crippen LogP contribution < -0.4 is 5.32 Å². The van der Waals surface area contributed by atoms with E-state index in [-0.39, 0.29) is 17.6 Å². The maximum atomic E-state index is 9.87. The van der Waals surface area contributed by atoms with Gasteiger partial charge in [-0.1, -0.05) is 26.7 Å². The van der Waals surface area contributed by atoms with Gasteiger partial charge in [0.15, 0.2) is 0 Å². The molecule has 0 amide bonds. The van der Waals surface area contributed by atoms with Gasteiger partial charge in [-0.2, -0.15) is 0 Å². The molecule has 3 heteroatoms. The van der Waals surface area contributed by atoms with Crippen LogP contribution in [0.1, 0.15) is 46.0 Å². The molecule has 0 aromatic carbocycles. The highest BCUT2D eigenvalue weighted by atomic mass is 16.3. The smallest absolute Gasteiger partial charge is 0.0621 e. The van der Waals surface area contributed by atoms with Crippen LogP contribution in [0.25, 0.3) is 0 Å². The van der Waals surface area contributed by atoms with Gasteiger partial charge in [0, 0.05) is 18.0 Å². The summed E-state index contributed by atoms with van der Waals surface area (Å²) in [7, 11) is 0. The van der Waals surface area contributed by atoms with Gasteiger partial charge in [0.2, 0.25) is 0 Å². The first-order valence-corrected chi connectivity index (χ1v) is 6.61. The molecule has 0 spiro atoms. The van der Waals surface area contributed by atoms with Crippen molar-refractivity contribution in [2.75, 3.05) is 6.54 Å². The van der Waals surface area contributed by atoms with E-state index < -0.39 is 0 Å². The van der Waals surface area contributed by atoms with Crippen LogP contribution in [0.3, 0.4) is 0 Å². The normalized spacial score (nSPS) is 42.8. The minimum atomic E-state index is -0.165. The number of aliphatic hydroxyl groups excluding tert-OH is 2. The van der Waals surface area contributed by atoms with E-state index in [1.54, 1.807) is 0 Å². The Morgan fingerprint density at radius 2 is 1.88 bits per heavy atom. The Balaban J connectivity index is 1.75. The summed E-state index contributed by atoms with van der Waals surface area (Å²) in [6, 6.07) is 0.414. The third kappa shape index (κ3) is 2.27. The second kappa shape index (κ2) is 4.63. The molecule has 16 heavy (non-hydrogen) atoms. The van der Waals surface area contributed by atoms with Crippen LogP contribution in [0.5, 0.6) is 0 Å². The molecule has 0 bridgehead atoms. The highest BCUT2D eigenvalue weighted by Gasteiger charge is 2.47. The molecule has 3 nitrogen and oxygen atoms in total. The summed E-state index contributed by atoms with van der Waals surface area (Å²) < 4.78 is 0. The summed E-state index contributed by atoms with van der Waals surface area (Å²) in [4.78, 5) is 0. The van der Waals surface area contributed by atoms with Crippen molar-refractivity contribution in [3.63, 3.8) is 0 Å². The van der Waals surface area contributed by atoms with Crippen LogP contribution in [-0.2, 0) is 0 Å². The lowest BCUT2D eigenvalue weighted by molar-refractivity contribution is -0.0754. The van der Waals surface area contributed by atoms with Gasteiger partial charge in [0.25, 0.3) is 0 Å². The van der Waals surface area contributed by atoms with Crippen molar-refractivity contribution >= 4 is 0 Å². The van der Waals surface area contributed by atoms with Gasteiger partial charge >= 0.3 is 0 Å². The Hall–Kier alpha value is -0.120. The zero-order chi connectivity index (χ0) is 11.8. The van der Waals surface area contributed by atoms with Crippen molar-refractivity contribution in [3.8, 4) is 0 Å². The average molecular weight is 227 g/mol. The van der Waals surface area contributed by atoms with E-state index >= 15 is 0 Å². The van der Waals surface area contributed by atoms with Gasteiger partial charge in [0.1, 0.15) is 0 Å². The fourth-order valence-electron chi connectivity index (χ4n) is 2.97. The molecule has 2 rings (SSSR count). The van der Waals surface area contributed by atoms with Crippen molar-refractivity contribution in [2.24, 2.45) is 11.3 Å². The summed E-state index contributed by atoms with van der Waals surface area (Å²) in [6.45, 7) is 5.12. The Bertz CT molecular complexity index is 238. The van der Waals surface area contributed by atoms with Crippen LogP contribution in [0.2, 0.25) is 0 Å². The van der Waals surface area contributed by atoms with Crippen LogP contribution in [0.15, 0.2) is 0 Å². The summed E-state index contributed by atoms with van der Waals surface area (Å²) in [6.07, 6.45) is 5.10. The number of hydrogen-bond donors (Lipinski definition) is 3. The number of nitrogens with one attached hydrogen (secondary N) is 1. The van der Waals surface area contributed by atoms with Crippen molar-refractivity contribution in [3.05, 3.63) is 0 Å². The lowest BCUT2D eigenvalue weighted by Gasteiger charge is -2.50. The standard InChI is InChI=1S/C13H25NO2/c1-13(2)11(7-12(13)16)14-8-9-5-3-4-6-10(9)15/h9-12,14-16H,3-8H2,1-2H3. The summed E-state index contributed by atoms with van der Waals surface area (Å²) >= 11 is 0. The molecule has 0 heterocycles. The molecule has 0 aromatic heterocycles. The molecule has 0 radical (unpaired) electrons. The third-order valence-electron chi connectivity index (χ3n) is 4.71. The fourth-order valence-corrected chi connectivity index (χ4v) is 2.97. The first kappa shape index (κ1) is 12.3. The minimum absolute atomic E-state index is 0.000378. The molecule has 3 N–H and O–H groups in total. The monoisotopic (exact) mass is 227 g/mol. The van der Waals surface area contributed by atoms with Crippen molar-refractivity contribution in [1.82, 2.24) is 5.32 Å². The van der Waals surface area contributed by atoms with Gasteiger partial charge in [-0.25, -0.2) is 0 Å². The van der Waals surface area contributed by atoms with Crippen LogP contribution >= 0.6 is 0 Å². The molecule has 4 unspecified atom stereocenters. The highest BCUT2D eigenvalue weighted by molar-refractivity contribution is 5.01. The summed E-state index contributed by atoms with van der Waals surface area (Å²) in [5, 5.41) is 23.0. The average Bonchev–Trinajstić information content (AvgIpc) is 2.26. The highest BCUT2D eigenvalue weighted by Crippen LogP contribution is 2.40. The lowest BCUT2D eigenvalue weighted by atomic mass is 9.64. The molecular formula is C13H25NO2. The first-order valence-electron chi connectivity index (χ1n) is 6.61. The molecule has 2 aliphatic carbocycles. The molecule has 2 aliphatic rings. The van der Waals surface area contributed by atoms with Gasteiger partial charge in [0.05, 0.1) is 12.2 Å². The number of rotatable bonds is 3. The third-order valence-corrected chi connectivity index (χ3v) is 4.71. The van der Waals surface area contributed by atoms with E-state index in [1.807, 2.05) is 0 Å². The Labute approximate surface area is 98.2 Å². The second-order valence-corrected chi connectivity index (χ2v) is 6.15. The number of hydrogen-bond acceptors (Lipinski definition) is 3. The van der Waals surface area contributed by atoms with Crippen molar-refractivity contribution in [1.29, 1.82) is 0 Å². The maximum Gasteiger partial charge on any atom is 0.0621 e. The quantitative estimate of drug-likeness (QED) is 0.681. The minimum Gasteiger partial charge on any atom is -0.393 e. The summed E-state index contributed by atoms with van der Waals surface area (Å²) in [5.41, 5.74) is -0.000378. The molecular weight excluding hydrogens is 202 g/mol. The fraction of sp³-hybridized carbons (Fsp3) is 1.00. The van der Waals surface area contributed by atoms with Crippen LogP contribution in [0, 0.1) is 11.3 Å². The molecule has 94 valence electrons. The van der Waals surface area contributed by atoms with E-state index in [0.29, 0.717) is 12.0 Å². The Morgan fingerprint density at radius 3 is 2.44 bits per heavy atom. The molecule has 0 aromatic rings. The maximum absolute atomic E-state index is 9.87. The van der Waals surface area contributed by atoms with Crippen molar-refractivity contribution < 1.29 is 10.2 Å². The zero-order valence-corrected chi connectivity index (χ0v) is 10.4. The predicted octanol–water partition coefficient (Wildman–Crippen LogP) is 1.29. The Morgan fingerprint density at radius 1 is 1.19 bits per heavy atom. The van der Waals surface area contributed by atoms with E-state index in [1.165, 1.54) is 12.8 Å². The second-order valence-electron chi connectivity index (χ2n) is 6.15. The molecule has 0 saturated heterocycles. The van der Waals surface area contributed by atoms with Gasteiger partial charge in [-0.3, -0.25) is 0 Å². The van der Waals surface area contributed by atoms with Crippen LogP contribution in [-0.4, -0.2) is 35.0 Å². The molecule has 4 atom stereocenters. The van der Waals surface area contributed by atoms with Crippen LogP contribution in [0.4, 0.5) is 0 Å². The van der Waals surface area contributed by atoms with Crippen molar-refractivity contribution in [2.45, 2.75) is 64.2 Å². The van der Waals surface area contributed by atoms with E-state index in [2.05, 4.69) is 19.2 Å². The Kier molecular flexibility index (Phi) is 3.57. The molecule has 2 saturated carbocycles. The molecule has 2 fully saturated rings. The van der Waals surface area contributed by atoms with Gasteiger partial charge in [-0.15, -0.1) is 0 Å². The van der Waals surface area contributed by atoms with Gasteiger partial charge < -0.3 is 15.5 Å². The first-order chi connectivity index (χ1) is 7.51. The largest absolute Gasteiger partial charge is 0.393 e. The van der Waals surface area contributed by atoms with E-state index in [0.717, 1.165) is 25.8 Å².